The van der Waals surface area contributed by atoms with Gasteiger partial charge in [0.2, 0.25) is 0 Å². The molecule has 2 N–H and O–H groups in total. The number of hydrogen-bond donors (Lipinski definition) is 2. The van der Waals surface area contributed by atoms with Crippen LogP contribution in [0.5, 0.6) is 0 Å². The van der Waals surface area contributed by atoms with Gasteiger partial charge >= 0.3 is 12.1 Å². The smallest absolute Gasteiger partial charge is 0.408 e. The molecule has 1 saturated carbocycles. The third-order valence-electron chi connectivity index (χ3n) is 5.65. The van der Waals surface area contributed by atoms with Crippen LogP contribution in [0.1, 0.15) is 36.8 Å². The number of fused-ring (bicyclic) bond motifs is 3. The molecule has 0 unspecified atom stereocenters. The highest BCUT2D eigenvalue weighted by atomic mass is 16.5. The predicted octanol–water partition coefficient (Wildman–Crippen LogP) is 3.78. The van der Waals surface area contributed by atoms with Gasteiger partial charge < -0.3 is 15.2 Å². The molecule has 2 aromatic carbocycles. The minimum absolute atomic E-state index is 0.0273. The van der Waals surface area contributed by atoms with Crippen LogP contribution in [-0.2, 0) is 9.53 Å². The third kappa shape index (κ3) is 2.55. The van der Waals surface area contributed by atoms with Gasteiger partial charge in [-0.05, 0) is 34.6 Å². The second kappa shape index (κ2) is 6.16. The van der Waals surface area contributed by atoms with Crippen molar-refractivity contribution in [1.82, 2.24) is 5.32 Å². The Morgan fingerprint density at radius 2 is 1.69 bits per heavy atom. The van der Waals surface area contributed by atoms with Crippen LogP contribution in [0.2, 0.25) is 0 Å². The number of hydrogen-bond acceptors (Lipinski definition) is 3. The molecule has 134 valence electrons. The summed E-state index contributed by atoms with van der Waals surface area (Å²) in [4.78, 5) is 23.8. The number of ether oxygens (including phenoxy) is 1. The summed E-state index contributed by atoms with van der Waals surface area (Å²) in [6, 6.07) is 16.2. The van der Waals surface area contributed by atoms with Gasteiger partial charge in [-0.3, -0.25) is 0 Å². The van der Waals surface area contributed by atoms with E-state index in [-0.39, 0.29) is 18.4 Å². The van der Waals surface area contributed by atoms with Crippen LogP contribution >= 0.6 is 0 Å². The minimum atomic E-state index is -1.16. The van der Waals surface area contributed by atoms with Crippen molar-refractivity contribution in [1.29, 1.82) is 0 Å². The summed E-state index contributed by atoms with van der Waals surface area (Å²) in [7, 11) is 0. The summed E-state index contributed by atoms with van der Waals surface area (Å²) in [6.45, 7) is 2.11. The maximum Gasteiger partial charge on any atom is 0.408 e. The fourth-order valence-corrected chi connectivity index (χ4v) is 4.11. The van der Waals surface area contributed by atoms with Crippen LogP contribution in [0.4, 0.5) is 4.79 Å². The fraction of sp³-hybridized carbons (Fsp3) is 0.333. The zero-order chi connectivity index (χ0) is 18.3. The second-order valence-electron chi connectivity index (χ2n) is 7.04. The molecule has 5 heteroatoms. The molecule has 0 saturated heterocycles. The molecule has 1 amide bonds. The molecule has 0 bridgehead atoms. The summed E-state index contributed by atoms with van der Waals surface area (Å²) in [6.07, 6.45) is 0.518. The van der Waals surface area contributed by atoms with E-state index in [2.05, 4.69) is 17.4 Å². The molecule has 0 heterocycles. The topological polar surface area (TPSA) is 75.6 Å². The van der Waals surface area contributed by atoms with E-state index in [0.29, 0.717) is 6.42 Å². The zero-order valence-corrected chi connectivity index (χ0v) is 14.6. The standard InChI is InChI=1S/C21H21NO4/c1-2-13-11-21(13,19(23)24)22-20(25)26-12-18-16-9-5-3-7-14(16)15-8-4-6-10-17(15)18/h3-10,13,18H,2,11-12H2,1H3,(H,22,25)(H,23,24)/t13-,21-/m1/s1. The van der Waals surface area contributed by atoms with Crippen molar-refractivity contribution < 1.29 is 19.4 Å². The highest BCUT2D eigenvalue weighted by Gasteiger charge is 2.61. The number of carbonyl (C=O) groups is 2. The molecular formula is C21H21NO4. The largest absolute Gasteiger partial charge is 0.479 e. The Hall–Kier alpha value is -2.82. The number of carboxylic acids is 1. The van der Waals surface area contributed by atoms with Crippen molar-refractivity contribution in [3.05, 3.63) is 59.7 Å². The molecular weight excluding hydrogens is 330 g/mol. The number of rotatable bonds is 5. The van der Waals surface area contributed by atoms with Crippen molar-refractivity contribution in [2.75, 3.05) is 6.61 Å². The van der Waals surface area contributed by atoms with E-state index in [0.717, 1.165) is 28.7 Å². The minimum Gasteiger partial charge on any atom is -0.479 e. The number of alkyl carbamates (subject to hydrolysis) is 1. The van der Waals surface area contributed by atoms with E-state index in [1.807, 2.05) is 43.3 Å². The molecule has 5 nitrogen and oxygen atoms in total. The molecule has 2 aromatic rings. The first-order chi connectivity index (χ1) is 12.6. The average Bonchev–Trinajstić information content (AvgIpc) is 3.28. The van der Waals surface area contributed by atoms with E-state index in [1.54, 1.807) is 0 Å². The predicted molar refractivity (Wildman–Crippen MR) is 97.0 cm³/mol. The first kappa shape index (κ1) is 16.6. The maximum atomic E-state index is 12.2. The monoisotopic (exact) mass is 351 g/mol. The SMILES string of the molecule is CC[C@@H]1C[C@]1(NC(=O)OCC1c2ccccc2-c2ccccc21)C(=O)O. The number of nitrogens with one attached hydrogen (secondary N) is 1. The lowest BCUT2D eigenvalue weighted by molar-refractivity contribution is -0.141. The molecule has 0 aliphatic heterocycles. The lowest BCUT2D eigenvalue weighted by Gasteiger charge is -2.17. The first-order valence-corrected chi connectivity index (χ1v) is 8.93. The quantitative estimate of drug-likeness (QED) is 0.860. The highest BCUT2D eigenvalue weighted by molar-refractivity contribution is 5.88. The van der Waals surface area contributed by atoms with Crippen molar-refractivity contribution in [3.8, 4) is 11.1 Å². The van der Waals surface area contributed by atoms with Crippen LogP contribution in [0.25, 0.3) is 11.1 Å². The summed E-state index contributed by atoms with van der Waals surface area (Å²) in [5, 5.41) is 12.0. The zero-order valence-electron chi connectivity index (χ0n) is 14.6. The molecule has 2 atom stereocenters. The van der Waals surface area contributed by atoms with E-state index >= 15 is 0 Å². The third-order valence-corrected chi connectivity index (χ3v) is 5.65. The fourth-order valence-electron chi connectivity index (χ4n) is 4.11. The van der Waals surface area contributed by atoms with Crippen LogP contribution in [-0.4, -0.2) is 29.3 Å². The number of amides is 1. The summed E-state index contributed by atoms with van der Waals surface area (Å²) in [5.74, 6) is -1.05. The van der Waals surface area contributed by atoms with Crippen LogP contribution in [0.3, 0.4) is 0 Å². The van der Waals surface area contributed by atoms with Crippen molar-refractivity contribution in [2.24, 2.45) is 5.92 Å². The Kier molecular flexibility index (Phi) is 3.94. The van der Waals surface area contributed by atoms with Crippen molar-refractivity contribution in [3.63, 3.8) is 0 Å². The van der Waals surface area contributed by atoms with Crippen molar-refractivity contribution in [2.45, 2.75) is 31.2 Å². The molecule has 0 aromatic heterocycles. The van der Waals surface area contributed by atoms with Crippen molar-refractivity contribution >= 4 is 12.1 Å². The number of benzene rings is 2. The molecule has 1 fully saturated rings. The van der Waals surface area contributed by atoms with E-state index in [4.69, 9.17) is 4.74 Å². The van der Waals surface area contributed by atoms with E-state index < -0.39 is 17.6 Å². The normalized spacial score (nSPS) is 23.0. The summed E-state index contributed by atoms with van der Waals surface area (Å²) in [5.41, 5.74) is 3.43. The van der Waals surface area contributed by atoms with Gasteiger partial charge in [0.25, 0.3) is 0 Å². The lowest BCUT2D eigenvalue weighted by atomic mass is 9.98. The second-order valence-corrected chi connectivity index (χ2v) is 7.04. The van der Waals surface area contributed by atoms with Gasteiger partial charge in [0.15, 0.2) is 0 Å². The molecule has 0 radical (unpaired) electrons. The molecule has 2 aliphatic carbocycles. The Morgan fingerprint density at radius 3 is 2.19 bits per heavy atom. The van der Waals surface area contributed by atoms with E-state index in [9.17, 15) is 14.7 Å². The Morgan fingerprint density at radius 1 is 1.12 bits per heavy atom. The molecule has 4 rings (SSSR count). The molecule has 0 spiro atoms. The van der Waals surface area contributed by atoms with Gasteiger partial charge in [-0.25, -0.2) is 9.59 Å². The number of aliphatic carboxylic acids is 1. The number of carbonyl (C=O) groups excluding carboxylic acids is 1. The van der Waals surface area contributed by atoms with Crippen LogP contribution in [0, 0.1) is 5.92 Å². The van der Waals surface area contributed by atoms with Gasteiger partial charge in [0, 0.05) is 5.92 Å². The van der Waals surface area contributed by atoms with Gasteiger partial charge in [-0.1, -0.05) is 61.9 Å². The van der Waals surface area contributed by atoms with Gasteiger partial charge in [-0.15, -0.1) is 0 Å². The Balaban J connectivity index is 1.49. The highest BCUT2D eigenvalue weighted by Crippen LogP contribution is 2.47. The van der Waals surface area contributed by atoms with Crippen LogP contribution in [0.15, 0.2) is 48.5 Å². The summed E-state index contributed by atoms with van der Waals surface area (Å²) < 4.78 is 5.45. The van der Waals surface area contributed by atoms with E-state index in [1.165, 1.54) is 0 Å². The first-order valence-electron chi connectivity index (χ1n) is 8.93. The van der Waals surface area contributed by atoms with Crippen LogP contribution < -0.4 is 5.32 Å². The van der Waals surface area contributed by atoms with Gasteiger partial charge in [-0.2, -0.15) is 0 Å². The average molecular weight is 351 g/mol. The van der Waals surface area contributed by atoms with Gasteiger partial charge in [0.05, 0.1) is 0 Å². The Labute approximate surface area is 152 Å². The Bertz CT molecular complexity index is 832. The number of carboxylic acid groups (broad SMARTS) is 1. The maximum absolute atomic E-state index is 12.2. The molecule has 26 heavy (non-hydrogen) atoms. The lowest BCUT2D eigenvalue weighted by Crippen LogP contribution is -2.45. The molecule has 2 aliphatic rings. The summed E-state index contributed by atoms with van der Waals surface area (Å²) >= 11 is 0. The van der Waals surface area contributed by atoms with Gasteiger partial charge in [0.1, 0.15) is 12.1 Å².